The number of nitrogens with zero attached hydrogens (tertiary/aromatic N) is 2. The number of ether oxygens (including phenoxy) is 1. The Morgan fingerprint density at radius 2 is 1.70 bits per heavy atom. The van der Waals surface area contributed by atoms with Crippen molar-refractivity contribution in [1.82, 2.24) is 14.9 Å². The van der Waals surface area contributed by atoms with Crippen molar-refractivity contribution in [1.29, 1.82) is 5.41 Å². The molecule has 208 valence electrons. The van der Waals surface area contributed by atoms with Crippen LogP contribution in [0.1, 0.15) is 41.8 Å². The lowest BCUT2D eigenvalue weighted by Gasteiger charge is -2.12. The van der Waals surface area contributed by atoms with Gasteiger partial charge in [-0.15, -0.1) is 0 Å². The Morgan fingerprint density at radius 3 is 2.33 bits per heavy atom. The van der Waals surface area contributed by atoms with E-state index in [-0.39, 0.29) is 36.8 Å². The molecule has 40 heavy (non-hydrogen) atoms. The average Bonchev–Trinajstić information content (AvgIpc) is 3.27. The number of rotatable bonds is 10. The molecule has 0 saturated heterocycles. The highest BCUT2D eigenvalue weighted by Gasteiger charge is 2.16. The summed E-state index contributed by atoms with van der Waals surface area (Å²) in [5.41, 5.74) is 16.9. The Labute approximate surface area is 249 Å². The molecule has 0 radical (unpaired) electrons. The van der Waals surface area contributed by atoms with E-state index in [4.69, 9.17) is 26.6 Å². The molecule has 0 unspecified atom stereocenters. The zero-order valence-corrected chi connectivity index (χ0v) is 25.3. The molecule has 0 atom stereocenters. The maximum Gasteiger partial charge on any atom is 0.307 e. The molecule has 0 aliphatic carbocycles. The van der Waals surface area contributed by atoms with E-state index >= 15 is 0 Å². The maximum absolute atomic E-state index is 12.8. The molecule has 11 heteroatoms. The third-order valence-electron chi connectivity index (χ3n) is 6.21. The van der Waals surface area contributed by atoms with Gasteiger partial charge in [0.2, 0.25) is 0 Å². The Bertz CT molecular complexity index is 1560. The second kappa shape index (κ2) is 12.6. The number of hydrogen-bond acceptors (Lipinski definition) is 6. The second-order valence-corrected chi connectivity index (χ2v) is 11.3. The van der Waals surface area contributed by atoms with Crippen LogP contribution >= 0.6 is 31.9 Å². The predicted molar refractivity (Wildman–Crippen MR) is 164 cm³/mol. The number of anilines is 1. The quantitative estimate of drug-likeness (QED) is 0.0768. The van der Waals surface area contributed by atoms with Crippen LogP contribution in [0.3, 0.4) is 0 Å². The van der Waals surface area contributed by atoms with Crippen molar-refractivity contribution in [2.24, 2.45) is 5.73 Å². The Kier molecular flexibility index (Phi) is 9.26. The van der Waals surface area contributed by atoms with Crippen LogP contribution in [0.15, 0.2) is 63.5 Å². The summed E-state index contributed by atoms with van der Waals surface area (Å²) in [5, 5.41) is 10.5. The van der Waals surface area contributed by atoms with Gasteiger partial charge in [0.1, 0.15) is 11.7 Å². The minimum atomic E-state index is -0.356. The maximum atomic E-state index is 12.8. The number of aryl methyl sites for hydroxylation is 2. The van der Waals surface area contributed by atoms with Crippen molar-refractivity contribution < 1.29 is 14.3 Å². The van der Waals surface area contributed by atoms with Gasteiger partial charge in [-0.3, -0.25) is 15.0 Å². The molecule has 1 heterocycles. The fourth-order valence-electron chi connectivity index (χ4n) is 4.24. The molecule has 1 aromatic heterocycles. The van der Waals surface area contributed by atoms with Gasteiger partial charge in [-0.25, -0.2) is 4.98 Å². The third kappa shape index (κ3) is 6.89. The number of carbonyl (C=O) groups excluding carboxylic acids is 2. The summed E-state index contributed by atoms with van der Waals surface area (Å²) >= 11 is 7.03. The van der Waals surface area contributed by atoms with Gasteiger partial charge in [0.15, 0.2) is 0 Å². The summed E-state index contributed by atoms with van der Waals surface area (Å²) in [5.74, 6) is 0.0724. The summed E-state index contributed by atoms with van der Waals surface area (Å²) in [6.45, 7) is 4.36. The smallest absolute Gasteiger partial charge is 0.307 e. The van der Waals surface area contributed by atoms with E-state index in [1.165, 1.54) is 0 Å². The number of nitrogens with two attached hydrogens (primary N) is 2. The number of fused-ring (bicyclic) bond motifs is 1. The lowest BCUT2D eigenvalue weighted by Crippen LogP contribution is -2.27. The van der Waals surface area contributed by atoms with E-state index in [9.17, 15) is 9.59 Å². The van der Waals surface area contributed by atoms with Gasteiger partial charge in [-0.1, -0.05) is 24.3 Å². The number of nitrogens with one attached hydrogen (secondary N) is 2. The summed E-state index contributed by atoms with van der Waals surface area (Å²) in [6.07, 6.45) is 0.603. The van der Waals surface area contributed by atoms with Crippen LogP contribution in [0.5, 0.6) is 0 Å². The predicted octanol–water partition coefficient (Wildman–Crippen LogP) is 5.41. The highest BCUT2D eigenvalue weighted by molar-refractivity contribution is 9.11. The standard InChI is InChI=1S/C29H30Br2N6O3/c1-16(2)40-25(38)9-11-35-29(39)20-7-8-24-23(15-20)36-28(19-5-3-18(4-6-19)27(33)34)37(24)12-10-17-13-21(30)26(32)22(31)14-17/h3-8,13-16H,9-12,32H2,1-2H3,(H3,33,34)(H,35,39). The molecule has 0 aliphatic heterocycles. The van der Waals surface area contributed by atoms with E-state index in [0.717, 1.165) is 31.4 Å². The number of imidazole rings is 1. The van der Waals surface area contributed by atoms with Crippen molar-refractivity contribution >= 4 is 66.3 Å². The monoisotopic (exact) mass is 668 g/mol. The second-order valence-electron chi connectivity index (χ2n) is 9.55. The fraction of sp³-hybridized carbons (Fsp3) is 0.241. The normalized spacial score (nSPS) is 11.1. The number of nitrogen functional groups attached to an aromatic ring is 2. The van der Waals surface area contributed by atoms with Crippen LogP contribution in [-0.2, 0) is 22.5 Å². The van der Waals surface area contributed by atoms with Crippen molar-refractivity contribution in [3.05, 3.63) is 80.2 Å². The first-order valence-electron chi connectivity index (χ1n) is 12.7. The summed E-state index contributed by atoms with van der Waals surface area (Å²) in [7, 11) is 0. The van der Waals surface area contributed by atoms with Gasteiger partial charge in [-0.05, 0) is 88.0 Å². The molecule has 0 fully saturated rings. The highest BCUT2D eigenvalue weighted by Crippen LogP contribution is 2.31. The number of amides is 1. The largest absolute Gasteiger partial charge is 0.463 e. The number of aromatic nitrogens is 2. The number of hydrogen-bond donors (Lipinski definition) is 4. The topological polar surface area (TPSA) is 149 Å². The number of amidine groups is 1. The van der Waals surface area contributed by atoms with Crippen molar-refractivity contribution in [3.63, 3.8) is 0 Å². The lowest BCUT2D eigenvalue weighted by atomic mass is 10.1. The molecule has 0 aliphatic rings. The zero-order chi connectivity index (χ0) is 29.0. The SMILES string of the molecule is CC(C)OC(=O)CCNC(=O)c1ccc2c(c1)nc(-c1ccc(C(=N)N)cc1)n2CCc1cc(Br)c(N)c(Br)c1. The summed E-state index contributed by atoms with van der Waals surface area (Å²) in [6, 6.07) is 16.7. The van der Waals surface area contributed by atoms with Gasteiger partial charge >= 0.3 is 5.97 Å². The van der Waals surface area contributed by atoms with Gasteiger partial charge in [0.05, 0.1) is 29.2 Å². The van der Waals surface area contributed by atoms with Crippen LogP contribution in [0.25, 0.3) is 22.4 Å². The average molecular weight is 670 g/mol. The minimum absolute atomic E-state index is 0.00678. The van der Waals surface area contributed by atoms with Crippen LogP contribution in [0.4, 0.5) is 5.69 Å². The number of carbonyl (C=O) groups is 2. The first-order chi connectivity index (χ1) is 19.0. The van der Waals surface area contributed by atoms with Crippen molar-refractivity contribution in [2.75, 3.05) is 12.3 Å². The molecule has 0 spiro atoms. The van der Waals surface area contributed by atoms with Crippen molar-refractivity contribution in [3.8, 4) is 11.4 Å². The van der Waals surface area contributed by atoms with Gasteiger partial charge in [0, 0.05) is 38.7 Å². The van der Waals surface area contributed by atoms with E-state index in [1.54, 1.807) is 38.1 Å². The molecule has 4 rings (SSSR count). The summed E-state index contributed by atoms with van der Waals surface area (Å²) in [4.78, 5) is 29.5. The van der Waals surface area contributed by atoms with Crippen LogP contribution in [-0.4, -0.2) is 39.9 Å². The number of esters is 1. The van der Waals surface area contributed by atoms with Crippen LogP contribution in [0, 0.1) is 5.41 Å². The van der Waals surface area contributed by atoms with Gasteiger partial charge in [0.25, 0.3) is 5.91 Å². The Hall–Kier alpha value is -3.70. The Morgan fingerprint density at radius 1 is 1.05 bits per heavy atom. The molecule has 1 amide bonds. The summed E-state index contributed by atoms with van der Waals surface area (Å²) < 4.78 is 8.87. The van der Waals surface area contributed by atoms with E-state index in [2.05, 4.69) is 41.7 Å². The molecule has 3 aromatic carbocycles. The minimum Gasteiger partial charge on any atom is -0.463 e. The molecule has 6 N–H and O–H groups in total. The van der Waals surface area contributed by atoms with E-state index in [0.29, 0.717) is 35.3 Å². The van der Waals surface area contributed by atoms with Gasteiger partial charge < -0.3 is 26.1 Å². The molecule has 9 nitrogen and oxygen atoms in total. The highest BCUT2D eigenvalue weighted by atomic mass is 79.9. The Balaban J connectivity index is 1.63. The molecule has 0 bridgehead atoms. The molecular formula is C29H30Br2N6O3. The van der Waals surface area contributed by atoms with Crippen LogP contribution in [0.2, 0.25) is 0 Å². The first-order valence-corrected chi connectivity index (χ1v) is 14.3. The van der Waals surface area contributed by atoms with Gasteiger partial charge in [-0.2, -0.15) is 0 Å². The lowest BCUT2D eigenvalue weighted by molar-refractivity contribution is -0.147. The number of halogens is 2. The number of benzene rings is 3. The zero-order valence-electron chi connectivity index (χ0n) is 22.1. The molecular weight excluding hydrogens is 640 g/mol. The van der Waals surface area contributed by atoms with E-state index < -0.39 is 0 Å². The fourth-order valence-corrected chi connectivity index (χ4v) is 5.52. The van der Waals surface area contributed by atoms with Crippen molar-refractivity contribution in [2.45, 2.75) is 39.3 Å². The molecule has 4 aromatic rings. The molecule has 0 saturated carbocycles. The third-order valence-corrected chi connectivity index (χ3v) is 7.52. The van der Waals surface area contributed by atoms with E-state index in [1.807, 2.05) is 30.3 Å². The van der Waals surface area contributed by atoms with Crippen LogP contribution < -0.4 is 16.8 Å². The first kappa shape index (κ1) is 29.3.